The molecule has 1 saturated carbocycles. The Morgan fingerprint density at radius 1 is 1.30 bits per heavy atom. The van der Waals surface area contributed by atoms with Crippen LogP contribution in [0.1, 0.15) is 39.0 Å². The van der Waals surface area contributed by atoms with Crippen LogP contribution >= 0.6 is 0 Å². The summed E-state index contributed by atoms with van der Waals surface area (Å²) in [6.07, 6.45) is 6.26. The van der Waals surface area contributed by atoms with Crippen LogP contribution in [0.15, 0.2) is 0 Å². The fourth-order valence-electron chi connectivity index (χ4n) is 1.71. The maximum absolute atomic E-state index is 6.06. The van der Waals surface area contributed by atoms with E-state index in [2.05, 4.69) is 12.2 Å². The SMILES string of the molecule is CCNC1(N)CCCCC1. The second-order valence-corrected chi connectivity index (χ2v) is 3.25. The molecule has 1 aliphatic rings. The summed E-state index contributed by atoms with van der Waals surface area (Å²) in [7, 11) is 0. The van der Waals surface area contributed by atoms with Crippen molar-refractivity contribution in [3.05, 3.63) is 0 Å². The molecule has 1 rings (SSSR count). The van der Waals surface area contributed by atoms with Crippen LogP contribution < -0.4 is 11.1 Å². The number of nitrogens with one attached hydrogen (secondary N) is 1. The molecular formula is C8H18N2. The van der Waals surface area contributed by atoms with Crippen molar-refractivity contribution < 1.29 is 0 Å². The van der Waals surface area contributed by atoms with Gasteiger partial charge in [0.05, 0.1) is 5.66 Å². The quantitative estimate of drug-likeness (QED) is 0.569. The van der Waals surface area contributed by atoms with Crippen molar-refractivity contribution in [1.29, 1.82) is 0 Å². The first kappa shape index (κ1) is 8.02. The van der Waals surface area contributed by atoms with Gasteiger partial charge < -0.3 is 5.73 Å². The highest BCUT2D eigenvalue weighted by atomic mass is 15.1. The molecule has 0 aromatic rings. The second-order valence-electron chi connectivity index (χ2n) is 3.25. The molecule has 2 heteroatoms. The normalized spacial score (nSPS) is 24.6. The molecule has 10 heavy (non-hydrogen) atoms. The van der Waals surface area contributed by atoms with E-state index in [4.69, 9.17) is 5.73 Å². The van der Waals surface area contributed by atoms with Gasteiger partial charge in [-0.15, -0.1) is 0 Å². The van der Waals surface area contributed by atoms with Crippen molar-refractivity contribution in [2.75, 3.05) is 6.54 Å². The second kappa shape index (κ2) is 3.35. The van der Waals surface area contributed by atoms with Gasteiger partial charge in [-0.05, 0) is 19.4 Å². The van der Waals surface area contributed by atoms with Crippen LogP contribution in [-0.4, -0.2) is 12.2 Å². The summed E-state index contributed by atoms with van der Waals surface area (Å²) in [6, 6.07) is 0. The predicted molar refractivity (Wildman–Crippen MR) is 43.7 cm³/mol. The molecule has 0 aliphatic heterocycles. The molecule has 0 bridgehead atoms. The predicted octanol–water partition coefficient (Wildman–Crippen LogP) is 1.21. The van der Waals surface area contributed by atoms with Gasteiger partial charge in [0.15, 0.2) is 0 Å². The van der Waals surface area contributed by atoms with E-state index in [-0.39, 0.29) is 5.66 Å². The van der Waals surface area contributed by atoms with Crippen molar-refractivity contribution in [1.82, 2.24) is 5.32 Å². The molecular weight excluding hydrogens is 124 g/mol. The van der Waals surface area contributed by atoms with Gasteiger partial charge >= 0.3 is 0 Å². The highest BCUT2D eigenvalue weighted by molar-refractivity contribution is 4.83. The molecule has 1 fully saturated rings. The maximum Gasteiger partial charge on any atom is 0.0661 e. The fraction of sp³-hybridized carbons (Fsp3) is 1.00. The summed E-state index contributed by atoms with van der Waals surface area (Å²) in [5.41, 5.74) is 6.04. The standard InChI is InChI=1S/C8H18N2/c1-2-10-8(9)6-4-3-5-7-8/h10H,2-7,9H2,1H3. The minimum absolute atomic E-state index is 0.0208. The third-order valence-electron chi connectivity index (χ3n) is 2.27. The fourth-order valence-corrected chi connectivity index (χ4v) is 1.71. The van der Waals surface area contributed by atoms with Gasteiger partial charge in [0.25, 0.3) is 0 Å². The Morgan fingerprint density at radius 2 is 1.90 bits per heavy atom. The Labute approximate surface area is 63.2 Å². The third kappa shape index (κ3) is 1.96. The van der Waals surface area contributed by atoms with E-state index in [9.17, 15) is 0 Å². The van der Waals surface area contributed by atoms with E-state index in [0.717, 1.165) is 19.4 Å². The molecule has 0 aromatic carbocycles. The Morgan fingerprint density at radius 3 is 2.40 bits per heavy atom. The average molecular weight is 142 g/mol. The molecule has 3 N–H and O–H groups in total. The molecule has 0 heterocycles. The number of nitrogens with two attached hydrogens (primary N) is 1. The molecule has 0 amide bonds. The topological polar surface area (TPSA) is 38.0 Å². The molecule has 2 nitrogen and oxygen atoms in total. The average Bonchev–Trinajstić information content (AvgIpc) is 1.89. The lowest BCUT2D eigenvalue weighted by molar-refractivity contribution is 0.243. The van der Waals surface area contributed by atoms with Crippen molar-refractivity contribution in [3.8, 4) is 0 Å². The van der Waals surface area contributed by atoms with Crippen LogP contribution in [0.25, 0.3) is 0 Å². The van der Waals surface area contributed by atoms with Crippen LogP contribution in [0.5, 0.6) is 0 Å². The molecule has 0 spiro atoms. The van der Waals surface area contributed by atoms with Gasteiger partial charge in [0.2, 0.25) is 0 Å². The first-order valence-electron chi connectivity index (χ1n) is 4.31. The Kier molecular flexibility index (Phi) is 2.69. The zero-order valence-electron chi connectivity index (χ0n) is 6.82. The van der Waals surface area contributed by atoms with Gasteiger partial charge in [0, 0.05) is 0 Å². The number of hydrogen-bond donors (Lipinski definition) is 2. The summed E-state index contributed by atoms with van der Waals surface area (Å²) in [6.45, 7) is 3.11. The first-order chi connectivity index (χ1) is 4.77. The molecule has 1 aliphatic carbocycles. The highest BCUT2D eigenvalue weighted by Gasteiger charge is 2.25. The Bertz CT molecular complexity index is 89.9. The zero-order valence-corrected chi connectivity index (χ0v) is 6.82. The van der Waals surface area contributed by atoms with E-state index in [1.54, 1.807) is 0 Å². The van der Waals surface area contributed by atoms with Crippen LogP contribution in [-0.2, 0) is 0 Å². The third-order valence-corrected chi connectivity index (χ3v) is 2.27. The van der Waals surface area contributed by atoms with Crippen LogP contribution in [0, 0.1) is 0 Å². The van der Waals surface area contributed by atoms with Crippen molar-refractivity contribution in [3.63, 3.8) is 0 Å². The Balaban J connectivity index is 2.32. The number of hydrogen-bond acceptors (Lipinski definition) is 2. The van der Waals surface area contributed by atoms with Gasteiger partial charge in [-0.1, -0.05) is 26.2 Å². The maximum atomic E-state index is 6.06. The van der Waals surface area contributed by atoms with Gasteiger partial charge in [-0.2, -0.15) is 0 Å². The summed E-state index contributed by atoms with van der Waals surface area (Å²) in [5.74, 6) is 0. The van der Waals surface area contributed by atoms with Crippen LogP contribution in [0.2, 0.25) is 0 Å². The van der Waals surface area contributed by atoms with Gasteiger partial charge in [-0.3, -0.25) is 5.32 Å². The first-order valence-corrected chi connectivity index (χ1v) is 4.31. The molecule has 0 radical (unpaired) electrons. The molecule has 0 aromatic heterocycles. The van der Waals surface area contributed by atoms with Crippen LogP contribution in [0.4, 0.5) is 0 Å². The lowest BCUT2D eigenvalue weighted by Crippen LogP contribution is -2.54. The van der Waals surface area contributed by atoms with E-state index < -0.39 is 0 Å². The van der Waals surface area contributed by atoms with E-state index in [1.165, 1.54) is 19.3 Å². The largest absolute Gasteiger partial charge is 0.313 e. The van der Waals surface area contributed by atoms with Crippen LogP contribution in [0.3, 0.4) is 0 Å². The number of rotatable bonds is 2. The van der Waals surface area contributed by atoms with E-state index in [0.29, 0.717) is 0 Å². The van der Waals surface area contributed by atoms with E-state index >= 15 is 0 Å². The Hall–Kier alpha value is -0.0800. The smallest absolute Gasteiger partial charge is 0.0661 e. The summed E-state index contributed by atoms with van der Waals surface area (Å²) in [5, 5.41) is 3.34. The minimum atomic E-state index is -0.0208. The lowest BCUT2D eigenvalue weighted by Gasteiger charge is -2.34. The minimum Gasteiger partial charge on any atom is -0.313 e. The summed E-state index contributed by atoms with van der Waals surface area (Å²) >= 11 is 0. The molecule has 0 saturated heterocycles. The summed E-state index contributed by atoms with van der Waals surface area (Å²) in [4.78, 5) is 0. The molecule has 0 unspecified atom stereocenters. The van der Waals surface area contributed by atoms with Crippen molar-refractivity contribution >= 4 is 0 Å². The van der Waals surface area contributed by atoms with Crippen molar-refractivity contribution in [2.24, 2.45) is 5.73 Å². The molecule has 0 atom stereocenters. The monoisotopic (exact) mass is 142 g/mol. The zero-order chi connectivity index (χ0) is 7.45. The van der Waals surface area contributed by atoms with E-state index in [1.807, 2.05) is 0 Å². The van der Waals surface area contributed by atoms with Crippen molar-refractivity contribution in [2.45, 2.75) is 44.7 Å². The van der Waals surface area contributed by atoms with Gasteiger partial charge in [0.1, 0.15) is 0 Å². The lowest BCUT2D eigenvalue weighted by atomic mass is 9.90. The highest BCUT2D eigenvalue weighted by Crippen LogP contribution is 2.22. The molecule has 60 valence electrons. The summed E-state index contributed by atoms with van der Waals surface area (Å²) < 4.78 is 0. The van der Waals surface area contributed by atoms with Gasteiger partial charge in [-0.25, -0.2) is 0 Å².